The second-order valence-electron chi connectivity index (χ2n) is 9.65. The highest BCUT2D eigenvalue weighted by molar-refractivity contribution is 7.92. The molecule has 2 fully saturated rings. The molecule has 0 amide bonds. The fraction of sp³-hybridized carbons (Fsp3) is 0.520. The molecule has 2 aromatic rings. The lowest BCUT2D eigenvalue weighted by atomic mass is 10.0. The molecule has 2 aromatic carbocycles. The number of halogens is 2. The van der Waals surface area contributed by atoms with Gasteiger partial charge in [-0.2, -0.15) is 0 Å². The van der Waals surface area contributed by atoms with Gasteiger partial charge in [-0.1, -0.05) is 39.8 Å². The van der Waals surface area contributed by atoms with Crippen molar-refractivity contribution in [2.45, 2.75) is 80.3 Å². The third-order valence-corrected chi connectivity index (χ3v) is 10.1. The van der Waals surface area contributed by atoms with E-state index in [-0.39, 0.29) is 38.5 Å². The van der Waals surface area contributed by atoms with E-state index in [1.54, 1.807) is 12.1 Å². The van der Waals surface area contributed by atoms with Crippen LogP contribution in [-0.2, 0) is 19.7 Å². The van der Waals surface area contributed by atoms with E-state index in [0.717, 1.165) is 25.0 Å². The molecule has 0 unspecified atom stereocenters. The number of hydrogen-bond acceptors (Lipinski definition) is 4. The van der Waals surface area contributed by atoms with Gasteiger partial charge in [-0.15, -0.1) is 0 Å². The summed E-state index contributed by atoms with van der Waals surface area (Å²) < 4.78 is 75.0. The van der Waals surface area contributed by atoms with Gasteiger partial charge in [0.25, 0.3) is 0 Å². The Morgan fingerprint density at radius 1 is 0.758 bits per heavy atom. The van der Waals surface area contributed by atoms with E-state index in [9.17, 15) is 25.6 Å². The van der Waals surface area contributed by atoms with E-state index in [1.807, 2.05) is 27.7 Å². The van der Waals surface area contributed by atoms with Gasteiger partial charge in [-0.25, -0.2) is 25.6 Å². The van der Waals surface area contributed by atoms with Crippen molar-refractivity contribution < 1.29 is 25.6 Å². The predicted octanol–water partition coefficient (Wildman–Crippen LogP) is 6.02. The minimum atomic E-state index is -3.30. The second kappa shape index (κ2) is 9.82. The van der Waals surface area contributed by atoms with Crippen LogP contribution < -0.4 is 0 Å². The van der Waals surface area contributed by atoms with Crippen LogP contribution in [0.5, 0.6) is 0 Å². The molecule has 0 radical (unpaired) electrons. The number of sulfone groups is 2. The zero-order valence-electron chi connectivity index (χ0n) is 19.5. The molecule has 0 aromatic heterocycles. The molecular weight excluding hydrogens is 466 g/mol. The van der Waals surface area contributed by atoms with Crippen molar-refractivity contribution in [1.82, 2.24) is 0 Å². The van der Waals surface area contributed by atoms with Crippen molar-refractivity contribution >= 4 is 19.7 Å². The molecule has 0 bridgehead atoms. The molecular formula is C25H32F2O4S2. The Labute approximate surface area is 196 Å². The Morgan fingerprint density at radius 3 is 1.61 bits per heavy atom. The first-order valence-corrected chi connectivity index (χ1v) is 14.6. The van der Waals surface area contributed by atoms with Gasteiger partial charge in [0.2, 0.25) is 0 Å². The Balaban J connectivity index is 0.000000186. The van der Waals surface area contributed by atoms with Crippen molar-refractivity contribution in [3.05, 3.63) is 59.2 Å². The van der Waals surface area contributed by atoms with Crippen molar-refractivity contribution in [2.24, 2.45) is 5.92 Å². The first-order valence-electron chi connectivity index (χ1n) is 11.4. The Morgan fingerprint density at radius 2 is 1.21 bits per heavy atom. The van der Waals surface area contributed by atoms with Crippen LogP contribution in [0.2, 0.25) is 0 Å². The summed E-state index contributed by atoms with van der Waals surface area (Å²) in [5.41, 5.74) is 1.13. The first-order chi connectivity index (χ1) is 15.3. The average molecular weight is 499 g/mol. The monoisotopic (exact) mass is 498 g/mol. The molecule has 0 spiro atoms. The molecule has 0 saturated heterocycles. The van der Waals surface area contributed by atoms with Crippen LogP contribution in [0.4, 0.5) is 8.78 Å². The van der Waals surface area contributed by atoms with E-state index in [0.29, 0.717) is 24.0 Å². The summed E-state index contributed by atoms with van der Waals surface area (Å²) in [6.07, 6.45) is 3.36. The zero-order valence-corrected chi connectivity index (χ0v) is 21.1. The lowest BCUT2D eigenvalue weighted by Gasteiger charge is -2.09. The lowest BCUT2D eigenvalue weighted by Crippen LogP contribution is -2.09. The van der Waals surface area contributed by atoms with Crippen LogP contribution in [0, 0.1) is 17.6 Å². The van der Waals surface area contributed by atoms with Crippen molar-refractivity contribution in [2.75, 3.05) is 5.75 Å². The van der Waals surface area contributed by atoms with Crippen LogP contribution >= 0.6 is 0 Å². The van der Waals surface area contributed by atoms with Gasteiger partial charge in [0.05, 0.1) is 20.8 Å². The quantitative estimate of drug-likeness (QED) is 0.468. The average Bonchev–Trinajstić information content (AvgIpc) is 3.61. The summed E-state index contributed by atoms with van der Waals surface area (Å²) in [4.78, 5) is 0.239. The van der Waals surface area contributed by atoms with Crippen molar-refractivity contribution in [3.63, 3.8) is 0 Å². The first kappa shape index (κ1) is 25.8. The van der Waals surface area contributed by atoms with E-state index < -0.39 is 31.3 Å². The van der Waals surface area contributed by atoms with Crippen LogP contribution in [0.3, 0.4) is 0 Å². The molecule has 2 aliphatic carbocycles. The summed E-state index contributed by atoms with van der Waals surface area (Å²) in [5, 5.41) is -0.281. The minimum Gasteiger partial charge on any atom is -0.224 e. The maximum Gasteiger partial charge on any atom is 0.181 e. The molecule has 4 nitrogen and oxygen atoms in total. The van der Waals surface area contributed by atoms with E-state index in [4.69, 9.17) is 0 Å². The fourth-order valence-electron chi connectivity index (χ4n) is 3.58. The fourth-order valence-corrected chi connectivity index (χ4v) is 6.96. The van der Waals surface area contributed by atoms with Gasteiger partial charge in [-0.05, 0) is 78.8 Å². The molecule has 0 N–H and O–H groups in total. The number of benzene rings is 2. The van der Waals surface area contributed by atoms with Crippen LogP contribution in [0.1, 0.15) is 76.3 Å². The molecule has 33 heavy (non-hydrogen) atoms. The highest BCUT2D eigenvalue weighted by atomic mass is 32.2. The number of rotatable bonds is 7. The SMILES string of the molecule is CC(C)c1ccc(S(=O)(=O)C2CC2)cc1F.CC(C)c1ccc(S(=O)(=O)CC2CC2)cc1F. The standard InChI is InChI=1S/C13H17FO2S.C12H15FO2S/c1-9(2)12-6-5-11(7-13(12)14)17(15,16)8-10-3-4-10;1-8(2)11-6-5-10(7-12(11)13)16(14,15)9-3-4-9/h5-7,9-10H,3-4,8H2,1-2H3;5-9H,3-4H2,1-2H3. The summed E-state index contributed by atoms with van der Waals surface area (Å²) in [7, 11) is -6.57. The van der Waals surface area contributed by atoms with E-state index in [2.05, 4.69) is 0 Å². The van der Waals surface area contributed by atoms with Gasteiger partial charge in [0.15, 0.2) is 19.7 Å². The Bertz CT molecular complexity index is 1210. The Hall–Kier alpha value is -1.80. The molecule has 4 rings (SSSR count). The highest BCUT2D eigenvalue weighted by Gasteiger charge is 2.37. The minimum absolute atomic E-state index is 0.0650. The van der Waals surface area contributed by atoms with Crippen molar-refractivity contribution in [1.29, 1.82) is 0 Å². The summed E-state index contributed by atoms with van der Waals surface area (Å²) in [6, 6.07) is 8.52. The predicted molar refractivity (Wildman–Crippen MR) is 126 cm³/mol. The van der Waals surface area contributed by atoms with Gasteiger partial charge < -0.3 is 0 Å². The topological polar surface area (TPSA) is 68.3 Å². The zero-order chi connectivity index (χ0) is 24.6. The maximum absolute atomic E-state index is 13.7. The van der Waals surface area contributed by atoms with Gasteiger partial charge in [0, 0.05) is 0 Å². The molecule has 0 aliphatic heterocycles. The molecule has 2 saturated carbocycles. The van der Waals surface area contributed by atoms with Gasteiger partial charge in [-0.3, -0.25) is 0 Å². The lowest BCUT2D eigenvalue weighted by molar-refractivity contribution is 0.579. The summed E-state index contributed by atoms with van der Waals surface area (Å²) in [5.74, 6) is -0.262. The third-order valence-electron chi connectivity index (χ3n) is 5.99. The van der Waals surface area contributed by atoms with E-state index in [1.165, 1.54) is 12.1 Å². The van der Waals surface area contributed by atoms with Crippen LogP contribution in [-0.4, -0.2) is 27.8 Å². The summed E-state index contributed by atoms with van der Waals surface area (Å²) >= 11 is 0. The third kappa shape index (κ3) is 6.41. The van der Waals surface area contributed by atoms with Gasteiger partial charge >= 0.3 is 0 Å². The van der Waals surface area contributed by atoms with E-state index >= 15 is 0 Å². The smallest absolute Gasteiger partial charge is 0.181 e. The molecule has 0 heterocycles. The Kier molecular flexibility index (Phi) is 7.68. The maximum atomic E-state index is 13.7. The van der Waals surface area contributed by atoms with Crippen molar-refractivity contribution in [3.8, 4) is 0 Å². The van der Waals surface area contributed by atoms with Gasteiger partial charge in [0.1, 0.15) is 11.6 Å². The molecule has 8 heteroatoms. The molecule has 2 aliphatic rings. The number of hydrogen-bond donors (Lipinski definition) is 0. The van der Waals surface area contributed by atoms with Crippen LogP contribution in [0.25, 0.3) is 0 Å². The normalized spacial score (nSPS) is 16.6. The van der Waals surface area contributed by atoms with Crippen LogP contribution in [0.15, 0.2) is 46.2 Å². The highest BCUT2D eigenvalue weighted by Crippen LogP contribution is 2.35. The largest absolute Gasteiger partial charge is 0.224 e. The second-order valence-corrected chi connectivity index (χ2v) is 13.9. The summed E-state index contributed by atoms with van der Waals surface area (Å²) in [6.45, 7) is 7.54. The molecule has 182 valence electrons. The molecule has 0 atom stereocenters.